The van der Waals surface area contributed by atoms with E-state index in [9.17, 15) is 21.6 Å². The van der Waals surface area contributed by atoms with Crippen LogP contribution < -0.4 is 0 Å². The van der Waals surface area contributed by atoms with E-state index >= 15 is 0 Å². The highest BCUT2D eigenvalue weighted by Crippen LogP contribution is 2.32. The molecule has 0 radical (unpaired) electrons. The van der Waals surface area contributed by atoms with Crippen LogP contribution in [0.5, 0.6) is 0 Å². The molecule has 1 aromatic heterocycles. The van der Waals surface area contributed by atoms with E-state index in [1.807, 2.05) is 0 Å². The molecule has 0 aliphatic carbocycles. The second-order valence-corrected chi connectivity index (χ2v) is 7.04. The predicted molar refractivity (Wildman–Crippen MR) is 66.9 cm³/mol. The molecular formula is C11H16F3N3O3S. The van der Waals surface area contributed by atoms with E-state index in [1.165, 1.54) is 4.31 Å². The summed E-state index contributed by atoms with van der Waals surface area (Å²) in [7, 11) is -3.37. The van der Waals surface area contributed by atoms with Gasteiger partial charge in [-0.3, -0.25) is 0 Å². The zero-order valence-corrected chi connectivity index (χ0v) is 12.2. The Morgan fingerprint density at radius 2 is 2.10 bits per heavy atom. The molecule has 1 aromatic rings. The minimum absolute atomic E-state index is 0.0252. The maximum Gasteiger partial charge on any atom is 0.470 e. The number of aromatic nitrogens is 2. The molecule has 2 heterocycles. The van der Waals surface area contributed by atoms with Crippen molar-refractivity contribution in [3.8, 4) is 0 Å². The molecule has 0 saturated carbocycles. The van der Waals surface area contributed by atoms with Gasteiger partial charge in [-0.1, -0.05) is 6.92 Å². The van der Waals surface area contributed by atoms with Gasteiger partial charge in [0.2, 0.25) is 15.9 Å². The maximum absolute atomic E-state index is 12.4. The van der Waals surface area contributed by atoms with E-state index in [1.54, 1.807) is 6.92 Å². The smallest absolute Gasteiger partial charge is 0.417 e. The molecule has 10 heteroatoms. The molecule has 1 aliphatic rings. The summed E-state index contributed by atoms with van der Waals surface area (Å²) in [5, 5.41) is 6.39. The molecule has 1 saturated heterocycles. The zero-order chi connectivity index (χ0) is 15.7. The molecule has 1 unspecified atom stereocenters. The fourth-order valence-corrected chi connectivity index (χ4v) is 3.89. The van der Waals surface area contributed by atoms with Crippen molar-refractivity contribution < 1.29 is 26.0 Å². The Morgan fingerprint density at radius 1 is 1.38 bits per heavy atom. The second kappa shape index (κ2) is 5.91. The molecule has 0 aromatic carbocycles. The second-order valence-electron chi connectivity index (χ2n) is 4.96. The minimum atomic E-state index is -4.69. The summed E-state index contributed by atoms with van der Waals surface area (Å²) in [4.78, 5) is 0. The summed E-state index contributed by atoms with van der Waals surface area (Å²) in [6, 6.07) is 0. The Balaban J connectivity index is 2.13. The van der Waals surface area contributed by atoms with Crippen molar-refractivity contribution in [1.29, 1.82) is 0 Å². The first-order chi connectivity index (χ1) is 9.74. The summed E-state index contributed by atoms with van der Waals surface area (Å²) in [5.74, 6) is -2.02. The number of piperidine rings is 1. The Labute approximate surface area is 120 Å². The van der Waals surface area contributed by atoms with Crippen LogP contribution in [0.1, 0.15) is 43.9 Å². The van der Waals surface area contributed by atoms with Gasteiger partial charge < -0.3 is 4.42 Å². The van der Waals surface area contributed by atoms with Gasteiger partial charge >= 0.3 is 12.1 Å². The minimum Gasteiger partial charge on any atom is -0.417 e. The van der Waals surface area contributed by atoms with Crippen LogP contribution in [0.3, 0.4) is 0 Å². The summed E-state index contributed by atoms with van der Waals surface area (Å²) in [5.41, 5.74) is 0. The molecule has 1 atom stereocenters. The van der Waals surface area contributed by atoms with E-state index in [0.29, 0.717) is 25.8 Å². The van der Waals surface area contributed by atoms with E-state index in [2.05, 4.69) is 14.6 Å². The third-order valence-corrected chi connectivity index (χ3v) is 5.31. The highest BCUT2D eigenvalue weighted by molar-refractivity contribution is 7.89. The van der Waals surface area contributed by atoms with Crippen LogP contribution in [0, 0.1) is 0 Å². The van der Waals surface area contributed by atoms with Crippen LogP contribution in [0.15, 0.2) is 4.42 Å². The summed E-state index contributed by atoms with van der Waals surface area (Å²) >= 11 is 0. The third-order valence-electron chi connectivity index (χ3n) is 3.27. The standard InChI is InChI=1S/C11H16F3N3O3S/c1-2-6-21(18,19)17-5-3-4-8(7-17)9-15-16-10(20-9)11(12,13)14/h8H,2-7H2,1H3. The fraction of sp³-hybridized carbons (Fsp3) is 0.818. The molecule has 0 spiro atoms. The molecule has 0 amide bonds. The lowest BCUT2D eigenvalue weighted by Crippen LogP contribution is -2.40. The molecular weight excluding hydrogens is 311 g/mol. The van der Waals surface area contributed by atoms with Crippen molar-refractivity contribution in [2.75, 3.05) is 18.8 Å². The van der Waals surface area contributed by atoms with Crippen LogP contribution >= 0.6 is 0 Å². The largest absolute Gasteiger partial charge is 0.470 e. The van der Waals surface area contributed by atoms with E-state index in [-0.39, 0.29) is 18.2 Å². The van der Waals surface area contributed by atoms with Gasteiger partial charge in [-0.05, 0) is 19.3 Å². The molecule has 2 rings (SSSR count). The first-order valence-electron chi connectivity index (χ1n) is 6.62. The number of hydrogen-bond donors (Lipinski definition) is 0. The van der Waals surface area contributed by atoms with Crippen molar-refractivity contribution in [2.45, 2.75) is 38.3 Å². The maximum atomic E-state index is 12.4. The van der Waals surface area contributed by atoms with Gasteiger partial charge in [-0.15, -0.1) is 10.2 Å². The molecule has 120 valence electrons. The van der Waals surface area contributed by atoms with Gasteiger partial charge in [0.25, 0.3) is 0 Å². The normalized spacial score (nSPS) is 21.6. The number of hydrogen-bond acceptors (Lipinski definition) is 5. The van der Waals surface area contributed by atoms with Crippen molar-refractivity contribution >= 4 is 10.0 Å². The van der Waals surface area contributed by atoms with Gasteiger partial charge in [-0.25, -0.2) is 12.7 Å². The van der Waals surface area contributed by atoms with E-state index in [4.69, 9.17) is 0 Å². The number of sulfonamides is 1. The Hall–Kier alpha value is -1.16. The number of alkyl halides is 3. The average Bonchev–Trinajstić information content (AvgIpc) is 2.88. The van der Waals surface area contributed by atoms with Gasteiger partial charge in [-0.2, -0.15) is 13.2 Å². The fourth-order valence-electron chi connectivity index (χ4n) is 2.30. The Morgan fingerprint density at radius 3 is 2.67 bits per heavy atom. The molecule has 6 nitrogen and oxygen atoms in total. The Bertz CT molecular complexity index is 585. The SMILES string of the molecule is CCCS(=O)(=O)N1CCCC(c2nnc(C(F)(F)F)o2)C1. The molecule has 21 heavy (non-hydrogen) atoms. The van der Waals surface area contributed by atoms with Crippen LogP contribution in [0.4, 0.5) is 13.2 Å². The van der Waals surface area contributed by atoms with Crippen LogP contribution in [0.2, 0.25) is 0 Å². The Kier molecular flexibility index (Phi) is 4.57. The lowest BCUT2D eigenvalue weighted by Gasteiger charge is -2.30. The molecule has 0 bridgehead atoms. The van der Waals surface area contributed by atoms with E-state index in [0.717, 1.165) is 0 Å². The topological polar surface area (TPSA) is 76.3 Å². The first kappa shape index (κ1) is 16.2. The van der Waals surface area contributed by atoms with Gasteiger partial charge in [0.15, 0.2) is 0 Å². The first-order valence-corrected chi connectivity index (χ1v) is 8.23. The van der Waals surface area contributed by atoms with Crippen molar-refractivity contribution in [1.82, 2.24) is 14.5 Å². The lowest BCUT2D eigenvalue weighted by molar-refractivity contribution is -0.157. The van der Waals surface area contributed by atoms with Crippen molar-refractivity contribution in [3.05, 3.63) is 11.8 Å². The predicted octanol–water partition coefficient (Wildman–Crippen LogP) is 2.01. The zero-order valence-electron chi connectivity index (χ0n) is 11.4. The van der Waals surface area contributed by atoms with Crippen molar-refractivity contribution in [2.24, 2.45) is 0 Å². The molecule has 1 aliphatic heterocycles. The van der Waals surface area contributed by atoms with E-state index < -0.39 is 28.0 Å². The van der Waals surface area contributed by atoms with Crippen molar-refractivity contribution in [3.63, 3.8) is 0 Å². The average molecular weight is 327 g/mol. The summed E-state index contributed by atoms with van der Waals surface area (Å²) < 4.78 is 67.2. The van der Waals surface area contributed by atoms with Crippen LogP contribution in [-0.4, -0.2) is 41.8 Å². The van der Waals surface area contributed by atoms with Gasteiger partial charge in [0.1, 0.15) is 0 Å². The van der Waals surface area contributed by atoms with Gasteiger partial charge in [0.05, 0.1) is 11.7 Å². The van der Waals surface area contributed by atoms with Crippen LogP contribution in [0.25, 0.3) is 0 Å². The number of nitrogens with zero attached hydrogens (tertiary/aromatic N) is 3. The monoisotopic (exact) mass is 327 g/mol. The molecule has 1 fully saturated rings. The number of halogens is 3. The quantitative estimate of drug-likeness (QED) is 0.845. The lowest BCUT2D eigenvalue weighted by atomic mass is 10.00. The molecule has 0 N–H and O–H groups in total. The highest BCUT2D eigenvalue weighted by Gasteiger charge is 2.40. The number of rotatable bonds is 4. The van der Waals surface area contributed by atoms with Crippen LogP contribution in [-0.2, 0) is 16.2 Å². The highest BCUT2D eigenvalue weighted by atomic mass is 32.2. The third kappa shape index (κ3) is 3.73. The summed E-state index contributed by atoms with van der Waals surface area (Å²) in [6.07, 6.45) is -3.12. The summed E-state index contributed by atoms with van der Waals surface area (Å²) in [6.45, 7) is 2.22. The van der Waals surface area contributed by atoms with Gasteiger partial charge in [0, 0.05) is 13.1 Å².